The fourth-order valence-corrected chi connectivity index (χ4v) is 2.15. The lowest BCUT2D eigenvalue weighted by molar-refractivity contribution is -0.122. The maximum atomic E-state index is 11.2. The summed E-state index contributed by atoms with van der Waals surface area (Å²) in [5.41, 5.74) is 0. The molecule has 118 valence electrons. The number of carbonyl (C=O) groups is 2. The first-order valence-electron chi connectivity index (χ1n) is 7.05. The first kappa shape index (κ1) is 19.4. The van der Waals surface area contributed by atoms with Gasteiger partial charge in [-0.3, -0.25) is 4.79 Å². The highest BCUT2D eigenvalue weighted by Gasteiger charge is 2.08. The zero-order valence-corrected chi connectivity index (χ0v) is 13.2. The first-order valence-corrected chi connectivity index (χ1v) is 8.18. The molecule has 0 saturated heterocycles. The van der Waals surface area contributed by atoms with E-state index in [1.54, 1.807) is 0 Å². The van der Waals surface area contributed by atoms with Gasteiger partial charge in [0.25, 0.3) is 0 Å². The van der Waals surface area contributed by atoms with Crippen LogP contribution in [0.2, 0.25) is 0 Å². The van der Waals surface area contributed by atoms with Crippen molar-refractivity contribution in [3.63, 3.8) is 0 Å². The summed E-state index contributed by atoms with van der Waals surface area (Å²) in [7, 11) is -1.75. The van der Waals surface area contributed by atoms with E-state index in [4.69, 9.17) is 9.05 Å². The molecule has 1 unspecified atom stereocenters. The summed E-state index contributed by atoms with van der Waals surface area (Å²) in [6.45, 7) is 4.82. The minimum absolute atomic E-state index is 0.0334. The molecule has 0 bridgehead atoms. The van der Waals surface area contributed by atoms with E-state index in [9.17, 15) is 14.5 Å². The molecule has 0 spiro atoms. The van der Waals surface area contributed by atoms with Gasteiger partial charge in [-0.15, -0.1) is 0 Å². The zero-order chi connectivity index (χ0) is 15.2. The Labute approximate surface area is 122 Å². The van der Waals surface area contributed by atoms with E-state index in [0.717, 1.165) is 32.0 Å². The van der Waals surface area contributed by atoms with E-state index >= 15 is 0 Å². The number of hydrogen-bond acceptors (Lipinski definition) is 5. The highest BCUT2D eigenvalue weighted by molar-refractivity contribution is 7.40. The Morgan fingerprint density at radius 3 is 2.65 bits per heavy atom. The molecule has 0 saturated carbocycles. The van der Waals surface area contributed by atoms with Gasteiger partial charge in [0.05, 0.1) is 12.7 Å². The largest absolute Gasteiger partial charge is 0.356 e. The van der Waals surface area contributed by atoms with Crippen LogP contribution >= 0.6 is 8.60 Å². The van der Waals surface area contributed by atoms with Crippen LogP contribution in [0.4, 0.5) is 0 Å². The van der Waals surface area contributed by atoms with Crippen molar-refractivity contribution in [3.8, 4) is 0 Å². The normalized spacial score (nSPS) is 12.4. The summed E-state index contributed by atoms with van der Waals surface area (Å²) in [5, 5.41) is 2.76. The van der Waals surface area contributed by atoms with Gasteiger partial charge in [0.1, 0.15) is 6.29 Å². The fraction of sp³-hybridized carbons (Fsp3) is 0.846. The van der Waals surface area contributed by atoms with Crippen molar-refractivity contribution < 1.29 is 23.5 Å². The highest BCUT2D eigenvalue weighted by atomic mass is 31.2. The van der Waals surface area contributed by atoms with Gasteiger partial charge in [0.15, 0.2) is 0 Å². The van der Waals surface area contributed by atoms with Crippen molar-refractivity contribution >= 4 is 20.8 Å². The minimum Gasteiger partial charge on any atom is -0.356 e. The van der Waals surface area contributed by atoms with Gasteiger partial charge in [-0.2, -0.15) is 0 Å². The van der Waals surface area contributed by atoms with E-state index in [2.05, 4.69) is 5.32 Å². The van der Waals surface area contributed by atoms with E-state index < -0.39 is 8.60 Å². The van der Waals surface area contributed by atoms with Crippen LogP contribution < -0.4 is 5.32 Å². The molecule has 0 fully saturated rings. The van der Waals surface area contributed by atoms with E-state index in [1.807, 2.05) is 13.8 Å². The molecule has 6 nitrogen and oxygen atoms in total. The molecule has 0 aliphatic carbocycles. The quantitative estimate of drug-likeness (QED) is 0.310. The van der Waals surface area contributed by atoms with Gasteiger partial charge < -0.3 is 24.1 Å². The van der Waals surface area contributed by atoms with Gasteiger partial charge in [0.2, 0.25) is 5.91 Å². The number of carbonyl (C=O) groups excluding carboxylic acids is 2. The second-order valence-corrected chi connectivity index (χ2v) is 5.64. The molecular weight excluding hydrogens is 281 g/mol. The van der Waals surface area contributed by atoms with Crippen molar-refractivity contribution in [2.24, 2.45) is 0 Å². The molecule has 0 rings (SSSR count). The van der Waals surface area contributed by atoms with Crippen LogP contribution in [0.3, 0.4) is 0 Å². The van der Waals surface area contributed by atoms with Crippen molar-refractivity contribution in [3.05, 3.63) is 0 Å². The lowest BCUT2D eigenvalue weighted by atomic mass is 10.2. The smallest absolute Gasteiger partial charge is 0.330 e. The van der Waals surface area contributed by atoms with Gasteiger partial charge >= 0.3 is 8.60 Å². The topological polar surface area (TPSA) is 84.9 Å². The van der Waals surface area contributed by atoms with Crippen LogP contribution in [0.25, 0.3) is 0 Å². The number of nitrogens with one attached hydrogen (secondary N) is 1. The molecule has 1 amide bonds. The molecule has 0 aromatic rings. The second-order valence-electron chi connectivity index (χ2n) is 4.69. The minimum atomic E-state index is -1.75. The highest BCUT2D eigenvalue weighted by Crippen LogP contribution is 2.34. The lowest BCUT2D eigenvalue weighted by Crippen LogP contribution is -2.24. The first-order chi connectivity index (χ1) is 9.56. The van der Waals surface area contributed by atoms with Crippen LogP contribution in [0, 0.1) is 0 Å². The van der Waals surface area contributed by atoms with E-state index in [-0.39, 0.29) is 24.9 Å². The summed E-state index contributed by atoms with van der Waals surface area (Å²) in [5.74, 6) is -0.0720. The molecule has 1 atom stereocenters. The molecule has 0 aromatic carbocycles. The zero-order valence-electron chi connectivity index (χ0n) is 12.3. The third kappa shape index (κ3) is 13.9. The van der Waals surface area contributed by atoms with Crippen LogP contribution in [0.15, 0.2) is 0 Å². The predicted octanol–water partition coefficient (Wildman–Crippen LogP) is 2.30. The second kappa shape index (κ2) is 13.4. The Morgan fingerprint density at radius 2 is 2.00 bits per heavy atom. The summed E-state index contributed by atoms with van der Waals surface area (Å²) in [6, 6.07) is 0. The molecule has 2 N–H and O–H groups in total. The Hall–Kier alpha value is -0.550. The van der Waals surface area contributed by atoms with Crippen LogP contribution in [0.5, 0.6) is 0 Å². The maximum Gasteiger partial charge on any atom is 0.330 e. The Balaban J connectivity index is 3.24. The number of unbranched alkanes of at least 4 members (excludes halogenated alkanes) is 3. The number of aldehydes is 1. The van der Waals surface area contributed by atoms with Crippen LogP contribution in [0.1, 0.15) is 52.4 Å². The van der Waals surface area contributed by atoms with Gasteiger partial charge in [-0.1, -0.05) is 12.8 Å². The number of hydrogen-bond donors (Lipinski definition) is 2. The molecular formula is C13H26NO5P. The average Bonchev–Trinajstić information content (AvgIpc) is 2.38. The third-order valence-electron chi connectivity index (χ3n) is 2.39. The Bertz CT molecular complexity index is 263. The fourth-order valence-electron chi connectivity index (χ4n) is 1.44. The van der Waals surface area contributed by atoms with Crippen LogP contribution in [-0.2, 0) is 18.6 Å². The molecule has 0 aliphatic rings. The molecule has 0 aliphatic heterocycles. The maximum absolute atomic E-state index is 11.2. The summed E-state index contributed by atoms with van der Waals surface area (Å²) in [4.78, 5) is 30.6. The number of rotatable bonds is 13. The lowest BCUT2D eigenvalue weighted by Gasteiger charge is -2.12. The third-order valence-corrected chi connectivity index (χ3v) is 3.39. The number of amides is 1. The van der Waals surface area contributed by atoms with Crippen LogP contribution in [-0.4, -0.2) is 36.3 Å². The summed E-state index contributed by atoms with van der Waals surface area (Å²) in [6.07, 6.45) is 5.01. The van der Waals surface area contributed by atoms with Gasteiger partial charge in [-0.25, -0.2) is 0 Å². The molecule has 0 radical (unpaired) electrons. The standard InChI is InChI=1S/C13H26NO5P/c1-12(2)19-20(17)18-11-6-4-3-5-9-14-13(16)8-7-10-15/h10,12,17H,3-9,11H2,1-2H3,(H,14,16). The molecule has 0 heterocycles. The van der Waals surface area contributed by atoms with Crippen molar-refractivity contribution in [2.75, 3.05) is 13.2 Å². The molecule has 0 aromatic heterocycles. The molecule has 20 heavy (non-hydrogen) atoms. The monoisotopic (exact) mass is 307 g/mol. The molecule has 7 heteroatoms. The summed E-state index contributed by atoms with van der Waals surface area (Å²) >= 11 is 0. The predicted molar refractivity (Wildman–Crippen MR) is 78.1 cm³/mol. The summed E-state index contributed by atoms with van der Waals surface area (Å²) < 4.78 is 10.2. The average molecular weight is 307 g/mol. The Kier molecular flexibility index (Phi) is 13.1. The van der Waals surface area contributed by atoms with E-state index in [0.29, 0.717) is 13.2 Å². The SMILES string of the molecule is CC(C)OP(O)OCCCCCCNC(=O)CCC=O. The van der Waals surface area contributed by atoms with Crippen molar-refractivity contribution in [2.45, 2.75) is 58.5 Å². The van der Waals surface area contributed by atoms with Gasteiger partial charge in [0, 0.05) is 19.4 Å². The van der Waals surface area contributed by atoms with Crippen molar-refractivity contribution in [1.29, 1.82) is 0 Å². The van der Waals surface area contributed by atoms with Gasteiger partial charge in [-0.05, 0) is 26.7 Å². The van der Waals surface area contributed by atoms with Crippen molar-refractivity contribution in [1.82, 2.24) is 5.32 Å². The Morgan fingerprint density at radius 1 is 1.30 bits per heavy atom. The van der Waals surface area contributed by atoms with E-state index in [1.165, 1.54) is 0 Å².